The minimum absolute atomic E-state index is 0.0466. The molecule has 130 valence electrons. The number of hydrogen-bond acceptors (Lipinski definition) is 3. The van der Waals surface area contributed by atoms with Crippen LogP contribution in [0.15, 0.2) is 48.8 Å². The number of fused-ring (bicyclic) bond motifs is 1. The lowest BCUT2D eigenvalue weighted by Gasteiger charge is -2.24. The van der Waals surface area contributed by atoms with Crippen molar-refractivity contribution in [1.82, 2.24) is 14.9 Å². The number of rotatable bonds is 6. The van der Waals surface area contributed by atoms with E-state index in [2.05, 4.69) is 9.97 Å². The van der Waals surface area contributed by atoms with Gasteiger partial charge in [-0.2, -0.15) is 0 Å². The van der Waals surface area contributed by atoms with E-state index in [-0.39, 0.29) is 11.9 Å². The summed E-state index contributed by atoms with van der Waals surface area (Å²) >= 11 is 0. The third-order valence-electron chi connectivity index (χ3n) is 4.48. The van der Waals surface area contributed by atoms with Gasteiger partial charge in [-0.15, -0.1) is 0 Å². The molecule has 1 N–H and O–H groups in total. The fraction of sp³-hybridized carbons (Fsp3) is 0.300. The number of aromatic nitrogens is 2. The van der Waals surface area contributed by atoms with Crippen molar-refractivity contribution in [2.75, 3.05) is 13.7 Å². The van der Waals surface area contributed by atoms with Gasteiger partial charge in [0.15, 0.2) is 0 Å². The van der Waals surface area contributed by atoms with E-state index in [0.717, 1.165) is 27.9 Å². The zero-order valence-corrected chi connectivity index (χ0v) is 14.8. The van der Waals surface area contributed by atoms with E-state index in [0.29, 0.717) is 13.0 Å². The summed E-state index contributed by atoms with van der Waals surface area (Å²) in [5.41, 5.74) is 2.81. The molecule has 1 aromatic carbocycles. The Balaban J connectivity index is 1.82. The summed E-state index contributed by atoms with van der Waals surface area (Å²) in [5, 5.41) is 0.983. The number of carbonyl (C=O) groups excluding carboxylic acids is 1. The summed E-state index contributed by atoms with van der Waals surface area (Å²) in [5.74, 6) is 0.856. The van der Waals surface area contributed by atoms with Crippen LogP contribution in [0.2, 0.25) is 0 Å². The minimum Gasteiger partial charge on any atom is -0.493 e. The molecule has 0 spiro atoms. The maximum Gasteiger partial charge on any atom is 0.227 e. The van der Waals surface area contributed by atoms with Gasteiger partial charge >= 0.3 is 0 Å². The zero-order chi connectivity index (χ0) is 17.8. The molecule has 0 saturated heterocycles. The summed E-state index contributed by atoms with van der Waals surface area (Å²) in [6.45, 7) is 4.54. The van der Waals surface area contributed by atoms with Crippen molar-refractivity contribution in [3.63, 3.8) is 0 Å². The predicted octanol–water partition coefficient (Wildman–Crippen LogP) is 3.72. The van der Waals surface area contributed by atoms with E-state index in [9.17, 15) is 4.79 Å². The predicted molar refractivity (Wildman–Crippen MR) is 98.6 cm³/mol. The maximum absolute atomic E-state index is 12.8. The third kappa shape index (κ3) is 3.50. The monoisotopic (exact) mass is 337 g/mol. The average molecular weight is 337 g/mol. The Hall–Kier alpha value is -2.82. The molecular weight excluding hydrogens is 314 g/mol. The lowest BCUT2D eigenvalue weighted by molar-refractivity contribution is -0.131. The lowest BCUT2D eigenvalue weighted by Crippen LogP contribution is -2.31. The fourth-order valence-electron chi connectivity index (χ4n) is 2.96. The highest BCUT2D eigenvalue weighted by molar-refractivity contribution is 5.93. The molecule has 0 aliphatic rings. The first-order valence-corrected chi connectivity index (χ1v) is 8.50. The van der Waals surface area contributed by atoms with Crippen LogP contribution in [0.5, 0.6) is 5.75 Å². The summed E-state index contributed by atoms with van der Waals surface area (Å²) in [4.78, 5) is 22.1. The van der Waals surface area contributed by atoms with Gasteiger partial charge in [0.1, 0.15) is 5.75 Å². The van der Waals surface area contributed by atoms with Crippen molar-refractivity contribution in [1.29, 1.82) is 0 Å². The molecule has 0 aliphatic carbocycles. The smallest absolute Gasteiger partial charge is 0.227 e. The molecule has 3 rings (SSSR count). The lowest BCUT2D eigenvalue weighted by atomic mass is 10.1. The molecule has 0 bridgehead atoms. The van der Waals surface area contributed by atoms with Crippen LogP contribution in [0, 0.1) is 0 Å². The first-order valence-electron chi connectivity index (χ1n) is 8.50. The number of benzene rings is 1. The average Bonchev–Trinajstić information content (AvgIpc) is 3.05. The molecule has 0 fully saturated rings. The molecule has 1 amide bonds. The first-order chi connectivity index (χ1) is 12.1. The van der Waals surface area contributed by atoms with Gasteiger partial charge in [0.2, 0.25) is 5.91 Å². The Morgan fingerprint density at radius 3 is 2.84 bits per heavy atom. The van der Waals surface area contributed by atoms with E-state index in [1.165, 1.54) is 0 Å². The quantitative estimate of drug-likeness (QED) is 0.746. The van der Waals surface area contributed by atoms with E-state index >= 15 is 0 Å². The van der Waals surface area contributed by atoms with Gasteiger partial charge in [-0.05, 0) is 43.7 Å². The van der Waals surface area contributed by atoms with E-state index in [1.807, 2.05) is 63.5 Å². The van der Waals surface area contributed by atoms with Gasteiger partial charge in [-0.3, -0.25) is 9.78 Å². The number of ether oxygens (including phenoxy) is 1. The summed E-state index contributed by atoms with van der Waals surface area (Å²) in [6, 6.07) is 11.5. The molecule has 2 heterocycles. The second kappa shape index (κ2) is 7.38. The Morgan fingerprint density at radius 1 is 1.28 bits per heavy atom. The van der Waals surface area contributed by atoms with Crippen molar-refractivity contribution in [2.24, 2.45) is 0 Å². The standard InChI is InChI=1S/C20H23N3O2/c1-4-25-18-10-7-9-17-20(18)15(13-22-17)12-19(24)23(3)14(2)16-8-5-6-11-21-16/h5-11,13-14,22H,4,12H2,1-3H3/t14-/m1/s1. The van der Waals surface area contributed by atoms with Gasteiger partial charge < -0.3 is 14.6 Å². The minimum atomic E-state index is -0.0785. The molecule has 0 radical (unpaired) electrons. The Labute approximate surface area is 147 Å². The molecular formula is C20H23N3O2. The highest BCUT2D eigenvalue weighted by atomic mass is 16.5. The Morgan fingerprint density at radius 2 is 2.12 bits per heavy atom. The molecule has 2 aromatic heterocycles. The van der Waals surface area contributed by atoms with Crippen molar-refractivity contribution < 1.29 is 9.53 Å². The van der Waals surface area contributed by atoms with Crippen LogP contribution >= 0.6 is 0 Å². The maximum atomic E-state index is 12.8. The molecule has 3 aromatic rings. The topological polar surface area (TPSA) is 58.2 Å². The SMILES string of the molecule is CCOc1cccc2[nH]cc(CC(=O)N(C)[C@H](C)c3ccccn3)c12. The summed E-state index contributed by atoms with van der Waals surface area (Å²) in [6.07, 6.45) is 3.96. The van der Waals surface area contributed by atoms with Crippen LogP contribution in [0.3, 0.4) is 0 Å². The molecule has 25 heavy (non-hydrogen) atoms. The Kier molecular flexibility index (Phi) is 5.03. The largest absolute Gasteiger partial charge is 0.493 e. The second-order valence-corrected chi connectivity index (χ2v) is 6.04. The Bertz CT molecular complexity index is 858. The van der Waals surface area contributed by atoms with Crippen LogP contribution in [0.1, 0.15) is 31.1 Å². The van der Waals surface area contributed by atoms with Crippen LogP contribution in [-0.2, 0) is 11.2 Å². The summed E-state index contributed by atoms with van der Waals surface area (Å²) in [7, 11) is 1.82. The van der Waals surface area contributed by atoms with Gasteiger partial charge in [-0.25, -0.2) is 0 Å². The van der Waals surface area contributed by atoms with Crippen molar-refractivity contribution in [2.45, 2.75) is 26.3 Å². The highest BCUT2D eigenvalue weighted by Gasteiger charge is 2.20. The number of amides is 1. The van der Waals surface area contributed by atoms with Crippen LogP contribution < -0.4 is 4.74 Å². The molecule has 0 unspecified atom stereocenters. The number of pyridine rings is 1. The van der Waals surface area contributed by atoms with Gasteiger partial charge in [0.05, 0.1) is 24.8 Å². The number of nitrogens with one attached hydrogen (secondary N) is 1. The summed E-state index contributed by atoms with van der Waals surface area (Å²) < 4.78 is 5.72. The van der Waals surface area contributed by atoms with Crippen molar-refractivity contribution in [3.05, 3.63) is 60.0 Å². The highest BCUT2D eigenvalue weighted by Crippen LogP contribution is 2.30. The van der Waals surface area contributed by atoms with Gasteiger partial charge in [0, 0.05) is 30.3 Å². The second-order valence-electron chi connectivity index (χ2n) is 6.04. The number of aromatic amines is 1. The van der Waals surface area contributed by atoms with Crippen LogP contribution in [0.4, 0.5) is 0 Å². The van der Waals surface area contributed by atoms with E-state index in [1.54, 1.807) is 11.1 Å². The normalized spacial score (nSPS) is 12.1. The molecule has 5 nitrogen and oxygen atoms in total. The van der Waals surface area contributed by atoms with E-state index in [4.69, 9.17) is 4.74 Å². The third-order valence-corrected chi connectivity index (χ3v) is 4.48. The number of likely N-dealkylation sites (N-methyl/N-ethyl adjacent to an activating group) is 1. The van der Waals surface area contributed by atoms with Crippen LogP contribution in [0.25, 0.3) is 10.9 Å². The van der Waals surface area contributed by atoms with Crippen molar-refractivity contribution in [3.8, 4) is 5.75 Å². The van der Waals surface area contributed by atoms with Crippen molar-refractivity contribution >= 4 is 16.8 Å². The van der Waals surface area contributed by atoms with Crippen LogP contribution in [-0.4, -0.2) is 34.4 Å². The van der Waals surface area contributed by atoms with Gasteiger partial charge in [-0.1, -0.05) is 12.1 Å². The zero-order valence-electron chi connectivity index (χ0n) is 14.8. The number of H-pyrrole nitrogens is 1. The number of nitrogens with zero attached hydrogens (tertiary/aromatic N) is 2. The molecule has 0 aliphatic heterocycles. The first kappa shape index (κ1) is 17.0. The van der Waals surface area contributed by atoms with Gasteiger partial charge in [0.25, 0.3) is 0 Å². The molecule has 5 heteroatoms. The van der Waals surface area contributed by atoms with E-state index < -0.39 is 0 Å². The number of carbonyl (C=O) groups is 1. The molecule has 0 saturated carbocycles. The number of hydrogen-bond donors (Lipinski definition) is 1. The fourth-order valence-corrected chi connectivity index (χ4v) is 2.96. The molecule has 1 atom stereocenters.